The summed E-state index contributed by atoms with van der Waals surface area (Å²) < 4.78 is 61.7. The van der Waals surface area contributed by atoms with Crippen molar-refractivity contribution in [3.8, 4) is 11.5 Å². The number of nitrogens with zero attached hydrogens (tertiary/aromatic N) is 3. The highest BCUT2D eigenvalue weighted by Crippen LogP contribution is 2.30. The van der Waals surface area contributed by atoms with Gasteiger partial charge in [0.05, 0.1) is 10.6 Å². The minimum atomic E-state index is -4.94. The van der Waals surface area contributed by atoms with Crippen LogP contribution >= 0.6 is 0 Å². The van der Waals surface area contributed by atoms with Crippen molar-refractivity contribution in [1.82, 2.24) is 9.78 Å². The van der Waals surface area contributed by atoms with E-state index >= 15 is 0 Å². The van der Waals surface area contributed by atoms with Crippen molar-refractivity contribution in [2.75, 3.05) is 5.32 Å². The van der Waals surface area contributed by atoms with Crippen molar-refractivity contribution in [2.45, 2.75) is 19.5 Å². The van der Waals surface area contributed by atoms with Gasteiger partial charge in [-0.05, 0) is 18.2 Å². The number of aromatic nitrogens is 2. The molecule has 0 aliphatic carbocycles. The maximum atomic E-state index is 14.1. The first-order valence-electron chi connectivity index (χ1n) is 8.78. The Morgan fingerprint density at radius 2 is 1.90 bits per heavy atom. The molecule has 0 saturated heterocycles. The summed E-state index contributed by atoms with van der Waals surface area (Å²) in [6.45, 7) is -0.0873. The Labute approximate surface area is 173 Å². The van der Waals surface area contributed by atoms with Gasteiger partial charge < -0.3 is 14.8 Å². The highest BCUT2D eigenvalue weighted by atomic mass is 19.4. The normalized spacial score (nSPS) is 11.3. The summed E-state index contributed by atoms with van der Waals surface area (Å²) in [7, 11) is 1.75. The smallest absolute Gasteiger partial charge is 0.487 e. The lowest BCUT2D eigenvalue weighted by molar-refractivity contribution is -0.384. The molecule has 0 bridgehead atoms. The van der Waals surface area contributed by atoms with Crippen LogP contribution in [0.25, 0.3) is 0 Å². The number of benzene rings is 2. The van der Waals surface area contributed by atoms with Gasteiger partial charge in [0.1, 0.15) is 29.6 Å². The summed E-state index contributed by atoms with van der Waals surface area (Å²) >= 11 is 0. The molecule has 3 rings (SSSR count). The highest BCUT2D eigenvalue weighted by Gasteiger charge is 2.31. The molecule has 164 valence electrons. The Balaban J connectivity index is 1.72. The zero-order chi connectivity index (χ0) is 22.6. The molecule has 0 atom stereocenters. The minimum absolute atomic E-state index is 0.0105. The molecule has 0 fully saturated rings. The summed E-state index contributed by atoms with van der Waals surface area (Å²) in [5, 5.41) is 18.2. The molecule has 0 amide bonds. The summed E-state index contributed by atoms with van der Waals surface area (Å²) in [5.74, 6) is -1.35. The second kappa shape index (κ2) is 8.90. The molecule has 0 saturated carbocycles. The average molecular weight is 440 g/mol. The largest absolute Gasteiger partial charge is 0.573 e. The van der Waals surface area contributed by atoms with Gasteiger partial charge in [-0.25, -0.2) is 4.39 Å². The zero-order valence-corrected chi connectivity index (χ0v) is 16.0. The Hall–Kier alpha value is -3.83. The van der Waals surface area contributed by atoms with Crippen LogP contribution in [0, 0.1) is 15.9 Å². The molecule has 8 nitrogen and oxygen atoms in total. The number of anilines is 1. The number of hydrogen-bond acceptors (Lipinski definition) is 6. The van der Waals surface area contributed by atoms with Gasteiger partial charge in [-0.2, -0.15) is 5.10 Å². The van der Waals surface area contributed by atoms with E-state index < -0.39 is 22.9 Å². The van der Waals surface area contributed by atoms with Gasteiger partial charge in [-0.1, -0.05) is 6.07 Å². The lowest BCUT2D eigenvalue weighted by atomic mass is 10.2. The van der Waals surface area contributed by atoms with Crippen LogP contribution in [0.4, 0.5) is 28.9 Å². The third-order valence-electron chi connectivity index (χ3n) is 4.05. The molecule has 1 aromatic heterocycles. The quantitative estimate of drug-likeness (QED) is 0.314. The molecule has 0 aliphatic rings. The molecule has 0 unspecified atom stereocenters. The van der Waals surface area contributed by atoms with Crippen molar-refractivity contribution >= 4 is 11.4 Å². The number of ether oxygens (including phenoxy) is 2. The molecular formula is C19H16F4N4O4. The molecule has 1 heterocycles. The molecule has 1 N–H and O–H groups in total. The Bertz CT molecular complexity index is 1090. The van der Waals surface area contributed by atoms with Crippen LogP contribution in [-0.4, -0.2) is 21.1 Å². The minimum Gasteiger partial charge on any atom is -0.487 e. The standard InChI is InChI=1S/C19H16F4N4O4/c1-26-7-6-13(25-26)11-30-14-4-5-18(27(28)29)17(9-14)24-10-12-2-3-15(8-16(12)20)31-19(21,22)23/h2-9,24H,10-11H2,1H3. The van der Waals surface area contributed by atoms with Gasteiger partial charge in [-0.3, -0.25) is 14.8 Å². The number of nitro groups is 1. The summed E-state index contributed by atoms with van der Waals surface area (Å²) in [4.78, 5) is 10.7. The van der Waals surface area contributed by atoms with Crippen molar-refractivity contribution < 1.29 is 32.0 Å². The number of halogens is 4. The molecule has 0 radical (unpaired) electrons. The topological polar surface area (TPSA) is 91.5 Å². The first-order valence-corrected chi connectivity index (χ1v) is 8.78. The van der Waals surface area contributed by atoms with Gasteiger partial charge in [0.15, 0.2) is 0 Å². The number of nitro benzene ring substituents is 1. The summed E-state index contributed by atoms with van der Waals surface area (Å²) in [6.07, 6.45) is -3.20. The van der Waals surface area contributed by atoms with Crippen LogP contribution in [0.15, 0.2) is 48.7 Å². The van der Waals surface area contributed by atoms with Gasteiger partial charge in [0.2, 0.25) is 0 Å². The molecule has 12 heteroatoms. The lowest BCUT2D eigenvalue weighted by Crippen LogP contribution is -2.17. The highest BCUT2D eigenvalue weighted by molar-refractivity contribution is 5.64. The SMILES string of the molecule is Cn1ccc(COc2ccc([N+](=O)[O-])c(NCc3ccc(OC(F)(F)F)cc3F)c2)n1. The van der Waals surface area contributed by atoms with Gasteiger partial charge in [0.25, 0.3) is 5.69 Å². The molecule has 2 aromatic carbocycles. The first kappa shape index (κ1) is 21.9. The summed E-state index contributed by atoms with van der Waals surface area (Å²) in [5.41, 5.74) is 0.420. The van der Waals surface area contributed by atoms with Gasteiger partial charge in [0, 0.05) is 43.6 Å². The maximum Gasteiger partial charge on any atom is 0.573 e. The molecule has 0 aliphatic heterocycles. The monoisotopic (exact) mass is 440 g/mol. The fraction of sp³-hybridized carbons (Fsp3) is 0.211. The van der Waals surface area contributed by atoms with E-state index in [0.717, 1.165) is 12.1 Å². The van der Waals surface area contributed by atoms with Crippen molar-refractivity contribution in [3.63, 3.8) is 0 Å². The van der Waals surface area contributed by atoms with E-state index in [9.17, 15) is 27.7 Å². The fourth-order valence-corrected chi connectivity index (χ4v) is 2.66. The number of alkyl halides is 3. The van der Waals surface area contributed by atoms with Crippen LogP contribution in [0.3, 0.4) is 0 Å². The van der Waals surface area contributed by atoms with E-state index in [-0.39, 0.29) is 30.1 Å². The Kier molecular flexibility index (Phi) is 6.28. The van der Waals surface area contributed by atoms with Crippen molar-refractivity contribution in [1.29, 1.82) is 0 Å². The van der Waals surface area contributed by atoms with Crippen LogP contribution in [0.2, 0.25) is 0 Å². The van der Waals surface area contributed by atoms with E-state index in [0.29, 0.717) is 17.5 Å². The third-order valence-corrected chi connectivity index (χ3v) is 4.05. The number of rotatable bonds is 8. The van der Waals surface area contributed by atoms with Gasteiger partial charge >= 0.3 is 6.36 Å². The van der Waals surface area contributed by atoms with E-state index in [1.54, 1.807) is 24.0 Å². The number of nitrogens with one attached hydrogen (secondary N) is 1. The van der Waals surface area contributed by atoms with E-state index in [4.69, 9.17) is 4.74 Å². The molecule has 3 aromatic rings. The number of hydrogen-bond donors (Lipinski definition) is 1. The maximum absolute atomic E-state index is 14.1. The van der Waals surface area contributed by atoms with Crippen molar-refractivity contribution in [2.24, 2.45) is 7.05 Å². The predicted octanol–water partition coefficient (Wildman–Crippen LogP) is 4.56. The van der Waals surface area contributed by atoms with Crippen LogP contribution in [0.1, 0.15) is 11.3 Å². The van der Waals surface area contributed by atoms with Crippen LogP contribution in [-0.2, 0) is 20.2 Å². The molecule has 31 heavy (non-hydrogen) atoms. The van der Waals surface area contributed by atoms with E-state index in [1.165, 1.54) is 18.2 Å². The Morgan fingerprint density at radius 3 is 2.52 bits per heavy atom. The van der Waals surface area contributed by atoms with Crippen LogP contribution < -0.4 is 14.8 Å². The number of aryl methyl sites for hydroxylation is 1. The fourth-order valence-electron chi connectivity index (χ4n) is 2.66. The molecular weight excluding hydrogens is 424 g/mol. The average Bonchev–Trinajstić information content (AvgIpc) is 3.09. The summed E-state index contributed by atoms with van der Waals surface area (Å²) in [6, 6.07) is 8.40. The van der Waals surface area contributed by atoms with Gasteiger partial charge in [-0.15, -0.1) is 13.2 Å². The zero-order valence-electron chi connectivity index (χ0n) is 16.0. The van der Waals surface area contributed by atoms with Crippen LogP contribution in [0.5, 0.6) is 11.5 Å². The predicted molar refractivity (Wildman–Crippen MR) is 101 cm³/mol. The van der Waals surface area contributed by atoms with E-state index in [1.807, 2.05) is 0 Å². The second-order valence-corrected chi connectivity index (χ2v) is 6.36. The molecule has 0 spiro atoms. The van der Waals surface area contributed by atoms with E-state index in [2.05, 4.69) is 15.2 Å². The Morgan fingerprint density at radius 1 is 1.16 bits per heavy atom. The first-order chi connectivity index (χ1) is 14.6. The van der Waals surface area contributed by atoms with Crippen molar-refractivity contribution in [3.05, 3.63) is 75.9 Å². The lowest BCUT2D eigenvalue weighted by Gasteiger charge is -2.12. The second-order valence-electron chi connectivity index (χ2n) is 6.36. The third kappa shape index (κ3) is 6.07.